The summed E-state index contributed by atoms with van der Waals surface area (Å²) in [5, 5.41) is 26.8. The number of hydrazone groups is 2. The highest BCUT2D eigenvalue weighted by atomic mass is 16.7. The Hall–Kier alpha value is -6.32. The van der Waals surface area contributed by atoms with Crippen LogP contribution in [0, 0.1) is 10.1 Å². The van der Waals surface area contributed by atoms with Crippen molar-refractivity contribution in [3.8, 4) is 28.7 Å². The summed E-state index contributed by atoms with van der Waals surface area (Å²) in [6, 6.07) is 15.4. The van der Waals surface area contributed by atoms with Crippen molar-refractivity contribution < 1.29 is 33.5 Å². The van der Waals surface area contributed by atoms with Gasteiger partial charge in [-0.25, -0.2) is 15.5 Å². The Morgan fingerprint density at radius 2 is 1.36 bits per heavy atom. The highest BCUT2D eigenvalue weighted by Crippen LogP contribution is 2.32. The normalized spacial score (nSPS) is 13.0. The van der Waals surface area contributed by atoms with Gasteiger partial charge in [0.25, 0.3) is 17.5 Å². The molecule has 3 aromatic carbocycles. The van der Waals surface area contributed by atoms with Crippen molar-refractivity contribution in [3.05, 3.63) is 93.3 Å². The molecule has 0 bridgehead atoms. The molecule has 2 N–H and O–H groups in total. The maximum Gasteiger partial charge on any atom is 0.294 e. The van der Waals surface area contributed by atoms with Crippen LogP contribution in [0.4, 0.5) is 5.69 Å². The van der Waals surface area contributed by atoms with Crippen LogP contribution in [0.15, 0.2) is 70.9 Å². The molecule has 0 fully saturated rings. The smallest absolute Gasteiger partial charge is 0.294 e. The largest absolute Gasteiger partial charge is 0.454 e. The maximum atomic E-state index is 13.3. The zero-order valence-corrected chi connectivity index (χ0v) is 21.3. The topological polar surface area (TPSA) is 194 Å². The lowest BCUT2D eigenvalue weighted by molar-refractivity contribution is -0.384. The average molecular weight is 570 g/mol. The minimum atomic E-state index is -0.843. The van der Waals surface area contributed by atoms with Crippen molar-refractivity contribution in [1.82, 2.24) is 25.8 Å². The third kappa shape index (κ3) is 5.26. The lowest BCUT2D eigenvalue weighted by atomic mass is 10.2. The highest BCUT2D eigenvalue weighted by Gasteiger charge is 2.27. The summed E-state index contributed by atoms with van der Waals surface area (Å²) in [6.07, 6.45) is 2.74. The first-order chi connectivity index (χ1) is 20.5. The van der Waals surface area contributed by atoms with E-state index >= 15 is 0 Å². The molecule has 0 saturated heterocycles. The number of non-ortho nitro benzene ring substituents is 1. The molecule has 3 heterocycles. The summed E-state index contributed by atoms with van der Waals surface area (Å²) in [7, 11) is 0. The van der Waals surface area contributed by atoms with E-state index in [-0.39, 0.29) is 36.3 Å². The van der Waals surface area contributed by atoms with E-state index in [0.29, 0.717) is 34.1 Å². The van der Waals surface area contributed by atoms with E-state index in [1.165, 1.54) is 36.7 Å². The van der Waals surface area contributed by atoms with Crippen LogP contribution in [-0.2, 0) is 0 Å². The number of hydrogen-bond acceptors (Lipinski definition) is 12. The van der Waals surface area contributed by atoms with Gasteiger partial charge in [-0.2, -0.15) is 10.2 Å². The van der Waals surface area contributed by atoms with Gasteiger partial charge in [0.05, 0.1) is 23.0 Å². The molecule has 0 atom stereocenters. The summed E-state index contributed by atoms with van der Waals surface area (Å²) in [5.74, 6) is 0.579. The van der Waals surface area contributed by atoms with Gasteiger partial charge in [-0.3, -0.25) is 19.7 Å². The van der Waals surface area contributed by atoms with Crippen molar-refractivity contribution in [2.75, 3.05) is 13.6 Å². The molecule has 16 nitrogen and oxygen atoms in total. The minimum Gasteiger partial charge on any atom is -0.454 e. The van der Waals surface area contributed by atoms with Crippen molar-refractivity contribution in [2.24, 2.45) is 10.2 Å². The predicted octanol–water partition coefficient (Wildman–Crippen LogP) is 2.16. The number of nitrogens with one attached hydrogen (secondary N) is 2. The Morgan fingerprint density at radius 1 is 0.810 bits per heavy atom. The Labute approximate surface area is 235 Å². The van der Waals surface area contributed by atoms with Gasteiger partial charge in [-0.15, -0.1) is 5.10 Å². The molecular formula is C26H18N8O8. The van der Waals surface area contributed by atoms with Crippen molar-refractivity contribution in [2.45, 2.75) is 0 Å². The van der Waals surface area contributed by atoms with Crippen LogP contribution >= 0.6 is 0 Å². The number of aromatic nitrogens is 3. The summed E-state index contributed by atoms with van der Waals surface area (Å²) in [6.45, 7) is 0.223. The third-order valence-electron chi connectivity index (χ3n) is 5.96. The van der Waals surface area contributed by atoms with E-state index in [4.69, 9.17) is 18.9 Å². The van der Waals surface area contributed by atoms with Crippen molar-refractivity contribution in [3.63, 3.8) is 0 Å². The molecule has 4 aromatic rings. The van der Waals surface area contributed by atoms with Gasteiger partial charge in [0, 0.05) is 12.1 Å². The SMILES string of the molecule is O=C(N/N=C/c1ccc2c(c1)OCO2)c1nnn(-c2ccc([N+](=O)[O-])cc2)c1C(=O)N/N=C/c1ccc2c(c1)OCO2. The average Bonchev–Trinajstić information content (AvgIpc) is 3.76. The Bertz CT molecular complexity index is 1770. The molecular weight excluding hydrogens is 552 g/mol. The van der Waals surface area contributed by atoms with Crippen LogP contribution < -0.4 is 29.8 Å². The van der Waals surface area contributed by atoms with Crippen LogP contribution in [0.3, 0.4) is 0 Å². The third-order valence-corrected chi connectivity index (χ3v) is 5.96. The van der Waals surface area contributed by atoms with Crippen LogP contribution in [0.2, 0.25) is 0 Å². The number of nitro benzene ring substituents is 1. The quantitative estimate of drug-likeness (QED) is 0.180. The predicted molar refractivity (Wildman–Crippen MR) is 143 cm³/mol. The number of amides is 2. The standard InChI is InChI=1S/C26H18N8O8/c35-25(30-27-11-15-1-7-19-21(9-15)41-13-39-19)23-24(33(32-29-23)17-3-5-18(6-4-17)34(37)38)26(36)31-28-12-16-2-8-20-22(10-16)42-14-40-20/h1-12H,13-14H2,(H,30,35)(H,31,36)/b27-11+,28-12+. The van der Waals surface area contributed by atoms with E-state index in [2.05, 4.69) is 31.4 Å². The lowest BCUT2D eigenvalue weighted by Crippen LogP contribution is -2.27. The fourth-order valence-electron chi connectivity index (χ4n) is 3.96. The van der Waals surface area contributed by atoms with E-state index < -0.39 is 16.7 Å². The van der Waals surface area contributed by atoms with Crippen LogP contribution in [-0.4, -0.2) is 57.7 Å². The lowest BCUT2D eigenvalue weighted by Gasteiger charge is -2.06. The molecule has 2 aliphatic rings. The van der Waals surface area contributed by atoms with E-state index in [0.717, 1.165) is 4.68 Å². The number of hydrogen-bond donors (Lipinski definition) is 2. The van der Waals surface area contributed by atoms with Gasteiger partial charge < -0.3 is 18.9 Å². The number of carbonyl (C=O) groups is 2. The second-order valence-corrected chi connectivity index (χ2v) is 8.60. The van der Waals surface area contributed by atoms with Gasteiger partial charge >= 0.3 is 0 Å². The maximum absolute atomic E-state index is 13.3. The molecule has 0 spiro atoms. The van der Waals surface area contributed by atoms with Gasteiger partial charge in [-0.1, -0.05) is 5.21 Å². The second-order valence-electron chi connectivity index (χ2n) is 8.60. The van der Waals surface area contributed by atoms with Crippen LogP contribution in [0.5, 0.6) is 23.0 Å². The monoisotopic (exact) mass is 570 g/mol. The Morgan fingerprint density at radius 3 is 1.93 bits per heavy atom. The number of carbonyl (C=O) groups excluding carboxylic acids is 2. The zero-order chi connectivity index (χ0) is 29.1. The number of fused-ring (bicyclic) bond motifs is 2. The van der Waals surface area contributed by atoms with Crippen molar-refractivity contribution in [1.29, 1.82) is 0 Å². The summed E-state index contributed by atoms with van der Waals surface area (Å²) in [4.78, 5) is 36.8. The number of rotatable bonds is 8. The molecule has 42 heavy (non-hydrogen) atoms. The molecule has 0 unspecified atom stereocenters. The Balaban J connectivity index is 1.24. The molecule has 0 radical (unpaired) electrons. The molecule has 1 aromatic heterocycles. The van der Waals surface area contributed by atoms with Crippen LogP contribution in [0.1, 0.15) is 32.1 Å². The number of nitro groups is 1. The first kappa shape index (κ1) is 25.9. The van der Waals surface area contributed by atoms with Gasteiger partial charge in [0.1, 0.15) is 0 Å². The summed E-state index contributed by atoms with van der Waals surface area (Å²) < 4.78 is 22.3. The summed E-state index contributed by atoms with van der Waals surface area (Å²) >= 11 is 0. The number of nitrogens with zero attached hydrogens (tertiary/aromatic N) is 6. The number of ether oxygens (including phenoxy) is 4. The first-order valence-electron chi connectivity index (χ1n) is 12.1. The number of benzene rings is 3. The summed E-state index contributed by atoms with van der Waals surface area (Å²) in [5.41, 5.74) is 5.29. The molecule has 0 aliphatic carbocycles. The van der Waals surface area contributed by atoms with E-state index in [1.807, 2.05) is 0 Å². The zero-order valence-electron chi connectivity index (χ0n) is 21.3. The first-order valence-corrected chi connectivity index (χ1v) is 12.1. The van der Waals surface area contributed by atoms with E-state index in [1.54, 1.807) is 36.4 Å². The van der Waals surface area contributed by atoms with Crippen molar-refractivity contribution >= 4 is 29.9 Å². The van der Waals surface area contributed by atoms with Crippen LogP contribution in [0.25, 0.3) is 5.69 Å². The van der Waals surface area contributed by atoms with Gasteiger partial charge in [-0.05, 0) is 59.7 Å². The molecule has 0 saturated carbocycles. The molecule has 2 amide bonds. The fraction of sp³-hybridized carbons (Fsp3) is 0.0769. The van der Waals surface area contributed by atoms with E-state index in [9.17, 15) is 19.7 Å². The fourth-order valence-corrected chi connectivity index (χ4v) is 3.96. The van der Waals surface area contributed by atoms with Gasteiger partial charge in [0.2, 0.25) is 13.6 Å². The minimum absolute atomic E-state index is 0.109. The molecule has 6 rings (SSSR count). The Kier molecular flexibility index (Phi) is 6.82. The molecule has 2 aliphatic heterocycles. The molecule has 210 valence electrons. The second kappa shape index (κ2) is 11.0. The highest BCUT2D eigenvalue weighted by molar-refractivity contribution is 6.05. The van der Waals surface area contributed by atoms with Gasteiger partial charge in [0.15, 0.2) is 34.4 Å². The molecule has 16 heteroatoms.